The van der Waals surface area contributed by atoms with Gasteiger partial charge in [0, 0.05) is 0 Å². The summed E-state index contributed by atoms with van der Waals surface area (Å²) in [5.41, 5.74) is 0. The first-order chi connectivity index (χ1) is 6.18. The minimum Gasteiger partial charge on any atom is -0.394 e. The molecule has 0 heterocycles. The first-order valence-electron chi connectivity index (χ1n) is 3.24. The number of carbonyl (C=O) groups excluding carboxylic acids is 1. The van der Waals surface area contributed by atoms with Crippen molar-refractivity contribution in [1.82, 2.24) is 0 Å². The molecule has 0 spiro atoms. The third-order valence-electron chi connectivity index (χ3n) is 1.08. The van der Waals surface area contributed by atoms with Crippen molar-refractivity contribution in [2.45, 2.75) is 0 Å². The predicted octanol–water partition coefficient (Wildman–Crippen LogP) is 1.34. The van der Waals surface area contributed by atoms with E-state index >= 15 is 0 Å². The van der Waals surface area contributed by atoms with Gasteiger partial charge in [-0.2, -0.15) is 4.21 Å². The second-order valence-electron chi connectivity index (χ2n) is 1.97. The molecule has 0 bridgehead atoms. The fourth-order valence-corrected chi connectivity index (χ4v) is 0.810. The highest BCUT2D eigenvalue weighted by atomic mass is 32.2. The van der Waals surface area contributed by atoms with E-state index in [1.165, 1.54) is 12.1 Å². The summed E-state index contributed by atoms with van der Waals surface area (Å²) < 4.78 is 26.5. The van der Waals surface area contributed by atoms with Crippen molar-refractivity contribution in [2.75, 3.05) is 0 Å². The number of carbonyl (C=O) groups is 1. The molecule has 0 radical (unpaired) electrons. The molecule has 0 amide bonds. The van der Waals surface area contributed by atoms with Crippen LogP contribution in [0.4, 0.5) is 4.79 Å². The first kappa shape index (κ1) is 9.69. The molecule has 0 aliphatic rings. The fourth-order valence-electron chi connectivity index (χ4n) is 0.660. The molecule has 1 unspecified atom stereocenters. The monoisotopic (exact) mass is 202 g/mol. The van der Waals surface area contributed by atoms with Gasteiger partial charge in [0.1, 0.15) is 5.75 Å². The third-order valence-corrected chi connectivity index (χ3v) is 1.36. The molecule has 1 aromatic rings. The van der Waals surface area contributed by atoms with Crippen LogP contribution in [0.15, 0.2) is 30.3 Å². The Kier molecular flexibility index (Phi) is 3.41. The van der Waals surface area contributed by atoms with Crippen LogP contribution in [0.25, 0.3) is 0 Å². The molecule has 13 heavy (non-hydrogen) atoms. The van der Waals surface area contributed by atoms with Gasteiger partial charge >= 0.3 is 17.5 Å². The van der Waals surface area contributed by atoms with Crippen LogP contribution in [0.3, 0.4) is 0 Å². The second kappa shape index (κ2) is 4.58. The summed E-state index contributed by atoms with van der Waals surface area (Å²) >= 11 is -2.64. The van der Waals surface area contributed by atoms with Crippen LogP contribution in [-0.4, -0.2) is 14.9 Å². The zero-order chi connectivity index (χ0) is 9.68. The van der Waals surface area contributed by atoms with Crippen molar-refractivity contribution in [3.63, 3.8) is 0 Å². The van der Waals surface area contributed by atoms with Crippen molar-refractivity contribution in [3.05, 3.63) is 30.3 Å². The molecule has 70 valence electrons. The van der Waals surface area contributed by atoms with Gasteiger partial charge in [-0.05, 0) is 12.1 Å². The lowest BCUT2D eigenvalue weighted by molar-refractivity contribution is 0.153. The maximum absolute atomic E-state index is 10.6. The van der Waals surface area contributed by atoms with Crippen molar-refractivity contribution in [3.8, 4) is 5.75 Å². The number of ether oxygens (including phenoxy) is 1. The van der Waals surface area contributed by atoms with Gasteiger partial charge in [-0.1, -0.05) is 18.2 Å². The standard InChI is InChI=1S/C7H6O5S/c8-7(12-13(9)10)11-6-4-2-1-3-5-6/h1-5H,(H,9,10). The molecule has 1 atom stereocenters. The molecule has 6 heteroatoms. The Balaban J connectivity index is 2.50. The average molecular weight is 202 g/mol. The molecule has 0 saturated carbocycles. The van der Waals surface area contributed by atoms with Gasteiger partial charge in [0.05, 0.1) is 0 Å². The summed E-state index contributed by atoms with van der Waals surface area (Å²) in [6.07, 6.45) is -1.22. The van der Waals surface area contributed by atoms with Gasteiger partial charge in [0.2, 0.25) is 0 Å². The minimum atomic E-state index is -2.64. The van der Waals surface area contributed by atoms with Gasteiger partial charge < -0.3 is 8.92 Å². The van der Waals surface area contributed by atoms with Gasteiger partial charge in [-0.3, -0.25) is 4.55 Å². The van der Waals surface area contributed by atoms with Gasteiger partial charge in [-0.25, -0.2) is 4.79 Å². The summed E-state index contributed by atoms with van der Waals surface area (Å²) in [5, 5.41) is 0. The maximum atomic E-state index is 10.6. The smallest absolute Gasteiger partial charge is 0.394 e. The van der Waals surface area contributed by atoms with E-state index in [0.717, 1.165) is 0 Å². The van der Waals surface area contributed by atoms with Crippen LogP contribution in [0.2, 0.25) is 0 Å². The van der Waals surface area contributed by atoms with Crippen LogP contribution in [0.1, 0.15) is 0 Å². The fraction of sp³-hybridized carbons (Fsp3) is 0. The molecule has 0 aromatic heterocycles. The normalized spacial score (nSPS) is 11.8. The zero-order valence-electron chi connectivity index (χ0n) is 6.38. The highest BCUT2D eigenvalue weighted by Crippen LogP contribution is 2.09. The highest BCUT2D eigenvalue weighted by Gasteiger charge is 2.08. The number of rotatable bonds is 2. The summed E-state index contributed by atoms with van der Waals surface area (Å²) in [6.45, 7) is 0. The van der Waals surface area contributed by atoms with Crippen molar-refractivity contribution < 1.29 is 22.5 Å². The topological polar surface area (TPSA) is 72.8 Å². The Labute approximate surface area is 76.8 Å². The molecular weight excluding hydrogens is 196 g/mol. The van der Waals surface area contributed by atoms with Crippen LogP contribution in [-0.2, 0) is 15.5 Å². The summed E-state index contributed by atoms with van der Waals surface area (Å²) in [6, 6.07) is 8.07. The maximum Gasteiger partial charge on any atom is 0.529 e. The first-order valence-corrected chi connectivity index (χ1v) is 4.27. The van der Waals surface area contributed by atoms with Gasteiger partial charge in [-0.15, -0.1) is 0 Å². The number of hydrogen-bond donors (Lipinski definition) is 1. The predicted molar refractivity (Wildman–Crippen MR) is 44.3 cm³/mol. The van der Waals surface area contributed by atoms with Crippen molar-refractivity contribution in [2.24, 2.45) is 0 Å². The van der Waals surface area contributed by atoms with E-state index in [1.807, 2.05) is 0 Å². The molecule has 0 fully saturated rings. The van der Waals surface area contributed by atoms with Crippen molar-refractivity contribution in [1.29, 1.82) is 0 Å². The van der Waals surface area contributed by atoms with Crippen LogP contribution >= 0.6 is 0 Å². The lowest BCUT2D eigenvalue weighted by Crippen LogP contribution is -2.11. The molecule has 0 saturated heterocycles. The number of hydrogen-bond acceptors (Lipinski definition) is 4. The van der Waals surface area contributed by atoms with Gasteiger partial charge in [0.25, 0.3) is 0 Å². The van der Waals surface area contributed by atoms with E-state index in [0.29, 0.717) is 0 Å². The number of para-hydroxylation sites is 1. The SMILES string of the molecule is O=C(Oc1ccccc1)OS(=O)O. The Morgan fingerprint density at radius 2 is 1.92 bits per heavy atom. The van der Waals surface area contributed by atoms with Crippen LogP contribution in [0.5, 0.6) is 5.75 Å². The number of benzene rings is 1. The second-order valence-corrected chi connectivity index (χ2v) is 2.57. The average Bonchev–Trinajstić information content (AvgIpc) is 2.04. The summed E-state index contributed by atoms with van der Waals surface area (Å²) in [5.74, 6) is 0.248. The lowest BCUT2D eigenvalue weighted by atomic mass is 10.3. The molecule has 0 aliphatic heterocycles. The Morgan fingerprint density at radius 1 is 1.31 bits per heavy atom. The molecular formula is C7H6O5S. The Morgan fingerprint density at radius 3 is 2.46 bits per heavy atom. The van der Waals surface area contributed by atoms with Gasteiger partial charge in [0.15, 0.2) is 0 Å². The van der Waals surface area contributed by atoms with E-state index in [9.17, 15) is 9.00 Å². The molecule has 0 aliphatic carbocycles. The quantitative estimate of drug-likeness (QED) is 0.445. The van der Waals surface area contributed by atoms with Crippen molar-refractivity contribution >= 4 is 17.5 Å². The van der Waals surface area contributed by atoms with E-state index in [1.54, 1.807) is 18.2 Å². The highest BCUT2D eigenvalue weighted by molar-refractivity contribution is 7.74. The van der Waals surface area contributed by atoms with E-state index in [2.05, 4.69) is 8.92 Å². The zero-order valence-corrected chi connectivity index (χ0v) is 7.19. The third kappa shape index (κ3) is 3.68. The van der Waals surface area contributed by atoms with E-state index in [-0.39, 0.29) is 5.75 Å². The summed E-state index contributed by atoms with van der Waals surface area (Å²) in [7, 11) is 0. The summed E-state index contributed by atoms with van der Waals surface area (Å²) in [4.78, 5) is 10.6. The largest absolute Gasteiger partial charge is 0.529 e. The molecule has 1 N–H and O–H groups in total. The molecule has 1 aromatic carbocycles. The Bertz CT molecular complexity index is 310. The van der Waals surface area contributed by atoms with Crippen LogP contribution < -0.4 is 4.74 Å². The lowest BCUT2D eigenvalue weighted by Gasteiger charge is -2.00. The van der Waals surface area contributed by atoms with E-state index in [4.69, 9.17) is 4.55 Å². The van der Waals surface area contributed by atoms with Crippen LogP contribution in [0, 0.1) is 0 Å². The Hall–Kier alpha value is -1.40. The molecule has 5 nitrogen and oxygen atoms in total. The molecule has 1 rings (SSSR count). The van der Waals surface area contributed by atoms with E-state index < -0.39 is 17.5 Å². The minimum absolute atomic E-state index is 0.248.